The Kier molecular flexibility index (Phi) is 4.21. The van der Waals surface area contributed by atoms with Crippen molar-refractivity contribution in [2.45, 2.75) is 56.5 Å². The van der Waals surface area contributed by atoms with Gasteiger partial charge >= 0.3 is 24.1 Å². The van der Waals surface area contributed by atoms with Gasteiger partial charge in [0.25, 0.3) is 0 Å². The van der Waals surface area contributed by atoms with Gasteiger partial charge in [0.2, 0.25) is 0 Å². The number of alkyl halides is 6. The Bertz CT molecular complexity index is 601. The van der Waals surface area contributed by atoms with Crippen molar-refractivity contribution in [3.63, 3.8) is 0 Å². The second-order valence-corrected chi connectivity index (χ2v) is 8.73. The Morgan fingerprint density at radius 3 is 2.04 bits per heavy atom. The van der Waals surface area contributed by atoms with E-state index in [1.165, 1.54) is 0 Å². The topological polar surface area (TPSA) is 35.5 Å². The summed E-state index contributed by atoms with van der Waals surface area (Å²) in [6.07, 6.45) is -10.5. The Labute approximate surface area is 152 Å². The van der Waals surface area contributed by atoms with Crippen molar-refractivity contribution >= 4 is 6.16 Å². The lowest BCUT2D eigenvalue weighted by Crippen LogP contribution is -2.61. The molecule has 7 atom stereocenters. The quantitative estimate of drug-likeness (QED) is 0.364. The van der Waals surface area contributed by atoms with Crippen LogP contribution >= 0.6 is 0 Å². The molecule has 7 unspecified atom stereocenters. The number of methoxy groups -OCH3 is 1. The van der Waals surface area contributed by atoms with Crippen LogP contribution in [-0.4, -0.2) is 31.2 Å². The second kappa shape index (κ2) is 5.92. The van der Waals surface area contributed by atoms with Gasteiger partial charge in [-0.3, -0.25) is 0 Å². The molecule has 27 heavy (non-hydrogen) atoms. The highest BCUT2D eigenvalue weighted by Crippen LogP contribution is 2.70. The lowest BCUT2D eigenvalue weighted by Gasteiger charge is -2.43. The van der Waals surface area contributed by atoms with Crippen LogP contribution in [0, 0.1) is 41.4 Å². The molecule has 0 aromatic carbocycles. The molecule has 0 aromatic rings. The summed E-state index contributed by atoms with van der Waals surface area (Å²) in [4.78, 5) is 11.3. The van der Waals surface area contributed by atoms with E-state index in [2.05, 4.69) is 9.47 Å². The number of hydrogen-bond acceptors (Lipinski definition) is 3. The molecule has 0 heterocycles. The average molecular weight is 400 g/mol. The van der Waals surface area contributed by atoms with E-state index < -0.39 is 36.4 Å². The van der Waals surface area contributed by atoms with Gasteiger partial charge in [-0.25, -0.2) is 4.79 Å². The van der Waals surface area contributed by atoms with Crippen molar-refractivity contribution in [2.75, 3.05) is 7.11 Å². The molecule has 0 aromatic heterocycles. The number of halogens is 6. The molecular formula is C18H22F6O3. The first kappa shape index (κ1) is 19.2. The molecule has 9 heteroatoms. The van der Waals surface area contributed by atoms with E-state index in [0.29, 0.717) is 37.7 Å². The largest absolute Gasteiger partial charge is 0.509 e. The molecule has 0 spiro atoms. The van der Waals surface area contributed by atoms with Crippen LogP contribution in [0.15, 0.2) is 0 Å². The van der Waals surface area contributed by atoms with E-state index in [1.54, 1.807) is 0 Å². The third kappa shape index (κ3) is 2.66. The molecule has 4 bridgehead atoms. The van der Waals surface area contributed by atoms with Gasteiger partial charge in [-0.05, 0) is 73.5 Å². The molecule has 4 rings (SSSR count). The second-order valence-electron chi connectivity index (χ2n) is 8.73. The first-order valence-corrected chi connectivity index (χ1v) is 9.39. The summed E-state index contributed by atoms with van der Waals surface area (Å²) < 4.78 is 89.7. The SMILES string of the molecule is COC(=O)OC(CC1CC2CC1C1C3CCC(C3)C21)(C(F)(F)F)C(F)(F)F. The van der Waals surface area contributed by atoms with Crippen LogP contribution in [0.1, 0.15) is 38.5 Å². The molecule has 4 fully saturated rings. The normalized spacial score (nSPS) is 40.3. The van der Waals surface area contributed by atoms with Crippen LogP contribution in [0.4, 0.5) is 31.1 Å². The molecule has 4 saturated carbocycles. The molecular weight excluding hydrogens is 378 g/mol. The molecule has 0 amide bonds. The first-order chi connectivity index (χ1) is 12.5. The first-order valence-electron chi connectivity index (χ1n) is 9.39. The van der Waals surface area contributed by atoms with Crippen LogP contribution in [0.5, 0.6) is 0 Å². The molecule has 0 saturated heterocycles. The van der Waals surface area contributed by atoms with Gasteiger partial charge in [-0.15, -0.1) is 0 Å². The standard InChI is InChI=1S/C18H22F6O3/c1-26-15(25)27-16(17(19,20)21,18(22,23)24)7-11-5-10-6-12(11)14-9-3-2-8(4-9)13(10)14/h8-14H,2-7H2,1H3. The lowest BCUT2D eigenvalue weighted by molar-refractivity contribution is -0.373. The van der Waals surface area contributed by atoms with E-state index in [0.717, 1.165) is 19.3 Å². The summed E-state index contributed by atoms with van der Waals surface area (Å²) in [6.45, 7) is 0. The van der Waals surface area contributed by atoms with Gasteiger partial charge in [0, 0.05) is 6.42 Å². The van der Waals surface area contributed by atoms with Crippen LogP contribution in [0.3, 0.4) is 0 Å². The van der Waals surface area contributed by atoms with Crippen molar-refractivity contribution in [3.05, 3.63) is 0 Å². The smallest absolute Gasteiger partial charge is 0.438 e. The Balaban J connectivity index is 1.62. The summed E-state index contributed by atoms with van der Waals surface area (Å²) in [5, 5.41) is 0. The Hall–Kier alpha value is -1.15. The number of ether oxygens (including phenoxy) is 2. The van der Waals surface area contributed by atoms with E-state index >= 15 is 0 Å². The van der Waals surface area contributed by atoms with Crippen molar-refractivity contribution in [2.24, 2.45) is 41.4 Å². The van der Waals surface area contributed by atoms with Gasteiger partial charge in [-0.1, -0.05) is 0 Å². The molecule has 0 radical (unpaired) electrons. The molecule has 3 nitrogen and oxygen atoms in total. The highest BCUT2D eigenvalue weighted by molar-refractivity contribution is 5.60. The predicted octanol–water partition coefficient (Wildman–Crippen LogP) is 5.34. The van der Waals surface area contributed by atoms with Crippen molar-refractivity contribution in [1.82, 2.24) is 0 Å². The zero-order valence-corrected chi connectivity index (χ0v) is 14.8. The fraction of sp³-hybridized carbons (Fsp3) is 0.944. The maximum Gasteiger partial charge on any atom is 0.509 e. The van der Waals surface area contributed by atoms with E-state index in [4.69, 9.17) is 0 Å². The minimum Gasteiger partial charge on any atom is -0.438 e. The van der Waals surface area contributed by atoms with Crippen LogP contribution in [0.25, 0.3) is 0 Å². The van der Waals surface area contributed by atoms with E-state index in [9.17, 15) is 31.1 Å². The fourth-order valence-electron chi connectivity index (χ4n) is 7.04. The van der Waals surface area contributed by atoms with E-state index in [1.807, 2.05) is 0 Å². The monoisotopic (exact) mass is 400 g/mol. The van der Waals surface area contributed by atoms with Gasteiger partial charge in [0.1, 0.15) is 0 Å². The molecule has 4 aliphatic rings. The Morgan fingerprint density at radius 1 is 0.889 bits per heavy atom. The number of fused-ring (bicyclic) bond motifs is 9. The van der Waals surface area contributed by atoms with Gasteiger partial charge in [0.15, 0.2) is 0 Å². The van der Waals surface area contributed by atoms with Gasteiger partial charge in [-0.2, -0.15) is 26.3 Å². The molecule has 0 aliphatic heterocycles. The maximum absolute atomic E-state index is 13.6. The zero-order valence-electron chi connectivity index (χ0n) is 14.8. The van der Waals surface area contributed by atoms with Crippen LogP contribution < -0.4 is 0 Å². The van der Waals surface area contributed by atoms with E-state index in [-0.39, 0.29) is 17.8 Å². The minimum absolute atomic E-state index is 0.138. The lowest BCUT2D eigenvalue weighted by atomic mass is 9.65. The van der Waals surface area contributed by atoms with Gasteiger partial charge < -0.3 is 9.47 Å². The summed E-state index contributed by atoms with van der Waals surface area (Å²) in [5.74, 6) is 1.06. The van der Waals surface area contributed by atoms with Crippen molar-refractivity contribution in [1.29, 1.82) is 0 Å². The molecule has 154 valence electrons. The fourth-order valence-corrected chi connectivity index (χ4v) is 7.04. The number of carbonyl (C=O) groups excluding carboxylic acids is 1. The zero-order chi connectivity index (χ0) is 19.8. The molecule has 4 aliphatic carbocycles. The number of rotatable bonds is 3. The summed E-state index contributed by atoms with van der Waals surface area (Å²) in [6, 6.07) is 0. The minimum atomic E-state index is -5.77. The van der Waals surface area contributed by atoms with Crippen molar-refractivity contribution < 1.29 is 40.6 Å². The van der Waals surface area contributed by atoms with Crippen molar-refractivity contribution in [3.8, 4) is 0 Å². The summed E-state index contributed by atoms with van der Waals surface area (Å²) in [7, 11) is 0.692. The third-order valence-corrected chi connectivity index (χ3v) is 7.76. The average Bonchev–Trinajstić information content (AvgIpc) is 3.30. The summed E-state index contributed by atoms with van der Waals surface area (Å²) >= 11 is 0. The van der Waals surface area contributed by atoms with Crippen LogP contribution in [0.2, 0.25) is 0 Å². The maximum atomic E-state index is 13.6. The highest BCUT2D eigenvalue weighted by Gasteiger charge is 2.76. The number of carbonyl (C=O) groups is 1. The molecule has 0 N–H and O–H groups in total. The number of hydrogen-bond donors (Lipinski definition) is 0. The predicted molar refractivity (Wildman–Crippen MR) is 80.5 cm³/mol. The van der Waals surface area contributed by atoms with Gasteiger partial charge in [0.05, 0.1) is 7.11 Å². The Morgan fingerprint density at radius 2 is 1.48 bits per heavy atom. The van der Waals surface area contributed by atoms with Crippen LogP contribution in [-0.2, 0) is 9.47 Å². The highest BCUT2D eigenvalue weighted by atomic mass is 19.4. The summed E-state index contributed by atoms with van der Waals surface area (Å²) in [5.41, 5.74) is -4.52. The third-order valence-electron chi connectivity index (χ3n) is 7.76.